The molecule has 1 heterocycles. The van der Waals surface area contributed by atoms with Crippen molar-refractivity contribution in [2.75, 3.05) is 25.0 Å². The Kier molecular flexibility index (Phi) is 7.23. The van der Waals surface area contributed by atoms with Gasteiger partial charge >= 0.3 is 0 Å². The second-order valence-electron chi connectivity index (χ2n) is 7.13. The number of nitrogens with one attached hydrogen (secondary N) is 1. The van der Waals surface area contributed by atoms with Crippen LogP contribution in [0.3, 0.4) is 0 Å². The van der Waals surface area contributed by atoms with E-state index in [-0.39, 0.29) is 23.2 Å². The van der Waals surface area contributed by atoms with E-state index in [0.717, 1.165) is 19.3 Å². The van der Waals surface area contributed by atoms with Gasteiger partial charge in [0.15, 0.2) is 12.4 Å². The molecule has 2 aromatic rings. The first-order valence-corrected chi connectivity index (χ1v) is 11.5. The lowest BCUT2D eigenvalue weighted by Gasteiger charge is -2.25. The highest BCUT2D eigenvalue weighted by Gasteiger charge is 2.25. The van der Waals surface area contributed by atoms with Gasteiger partial charge in [0.1, 0.15) is 5.75 Å². The van der Waals surface area contributed by atoms with Gasteiger partial charge in [0.25, 0.3) is 5.91 Å². The summed E-state index contributed by atoms with van der Waals surface area (Å²) in [5.74, 6) is 0.168. The molecule has 0 aliphatic carbocycles. The number of carbonyl (C=O) groups is 2. The number of nitrogens with zero attached hydrogens (tertiary/aromatic N) is 1. The van der Waals surface area contributed by atoms with E-state index in [1.165, 1.54) is 16.4 Å². The Hall–Kier alpha value is -2.71. The van der Waals surface area contributed by atoms with E-state index in [1.807, 2.05) is 0 Å². The molecule has 3 rings (SSSR count). The summed E-state index contributed by atoms with van der Waals surface area (Å²) in [5.41, 5.74) is 1.10. The van der Waals surface area contributed by atoms with Gasteiger partial charge in [-0.2, -0.15) is 4.31 Å². The van der Waals surface area contributed by atoms with Crippen LogP contribution in [0.15, 0.2) is 53.4 Å². The van der Waals surface area contributed by atoms with Gasteiger partial charge in [0.05, 0.1) is 4.90 Å². The molecule has 1 amide bonds. The molecule has 7 nitrogen and oxygen atoms in total. The topological polar surface area (TPSA) is 92.8 Å². The SMILES string of the molecule is CCC(=O)c1ccc(OCC(=O)Nc2ccc(S(=O)(=O)N3CCCCC3)cc2)cc1. The number of amides is 1. The highest BCUT2D eigenvalue weighted by molar-refractivity contribution is 7.89. The fourth-order valence-corrected chi connectivity index (χ4v) is 4.77. The quantitative estimate of drug-likeness (QED) is 0.648. The molecule has 30 heavy (non-hydrogen) atoms. The lowest BCUT2D eigenvalue weighted by atomic mass is 10.1. The molecule has 0 bridgehead atoms. The number of Topliss-reactive ketones (excluding diaryl/α,β-unsaturated/α-hetero) is 1. The summed E-state index contributed by atoms with van der Waals surface area (Å²) in [7, 11) is -3.49. The first-order valence-electron chi connectivity index (χ1n) is 10.1. The minimum Gasteiger partial charge on any atom is -0.484 e. The molecule has 160 valence electrons. The highest BCUT2D eigenvalue weighted by atomic mass is 32.2. The molecule has 0 unspecified atom stereocenters. The maximum atomic E-state index is 12.7. The normalized spacial score (nSPS) is 14.8. The van der Waals surface area contributed by atoms with Crippen LogP contribution in [0.4, 0.5) is 5.69 Å². The Labute approximate surface area is 177 Å². The zero-order valence-corrected chi connectivity index (χ0v) is 17.8. The van der Waals surface area contributed by atoms with Crippen LogP contribution >= 0.6 is 0 Å². The van der Waals surface area contributed by atoms with Crippen LogP contribution in [0.2, 0.25) is 0 Å². The van der Waals surface area contributed by atoms with E-state index in [2.05, 4.69) is 5.32 Å². The lowest BCUT2D eigenvalue weighted by Crippen LogP contribution is -2.35. The van der Waals surface area contributed by atoms with Gasteiger partial charge < -0.3 is 10.1 Å². The van der Waals surface area contributed by atoms with E-state index in [4.69, 9.17) is 4.74 Å². The minimum atomic E-state index is -3.49. The number of rotatable bonds is 8. The van der Waals surface area contributed by atoms with Gasteiger partial charge in [-0.15, -0.1) is 0 Å². The number of piperidine rings is 1. The summed E-state index contributed by atoms with van der Waals surface area (Å²) in [5, 5.41) is 2.68. The summed E-state index contributed by atoms with van der Waals surface area (Å²) in [6.07, 6.45) is 3.25. The standard InChI is InChI=1S/C22H26N2O5S/c1-2-21(25)17-6-10-19(11-7-17)29-16-22(26)23-18-8-12-20(13-9-18)30(27,28)24-14-4-3-5-15-24/h6-13H,2-5,14-16H2,1H3,(H,23,26). The maximum Gasteiger partial charge on any atom is 0.262 e. The van der Waals surface area contributed by atoms with Crippen molar-refractivity contribution in [3.63, 3.8) is 0 Å². The monoisotopic (exact) mass is 430 g/mol. The molecule has 0 aromatic heterocycles. The molecular weight excluding hydrogens is 404 g/mol. The highest BCUT2D eigenvalue weighted by Crippen LogP contribution is 2.22. The first-order chi connectivity index (χ1) is 14.4. The average molecular weight is 431 g/mol. The second-order valence-corrected chi connectivity index (χ2v) is 9.07. The Bertz CT molecular complexity index is 979. The average Bonchev–Trinajstić information content (AvgIpc) is 2.78. The number of anilines is 1. The van der Waals surface area contributed by atoms with E-state index in [0.29, 0.717) is 36.5 Å². The zero-order valence-electron chi connectivity index (χ0n) is 17.0. The van der Waals surface area contributed by atoms with Crippen LogP contribution in [0.5, 0.6) is 5.75 Å². The predicted molar refractivity (Wildman–Crippen MR) is 114 cm³/mol. The molecular formula is C22H26N2O5S. The van der Waals surface area contributed by atoms with Crippen molar-refractivity contribution in [3.8, 4) is 5.75 Å². The van der Waals surface area contributed by atoms with Crippen molar-refractivity contribution in [2.24, 2.45) is 0 Å². The molecule has 0 spiro atoms. The summed E-state index contributed by atoms with van der Waals surface area (Å²) >= 11 is 0. The number of benzene rings is 2. The molecule has 0 radical (unpaired) electrons. The summed E-state index contributed by atoms with van der Waals surface area (Å²) in [4.78, 5) is 24.0. The Morgan fingerprint density at radius 1 is 0.967 bits per heavy atom. The Morgan fingerprint density at radius 2 is 1.60 bits per heavy atom. The third-order valence-electron chi connectivity index (χ3n) is 4.96. The van der Waals surface area contributed by atoms with E-state index >= 15 is 0 Å². The van der Waals surface area contributed by atoms with Gasteiger partial charge in [0, 0.05) is 30.8 Å². The number of ketones is 1. The van der Waals surface area contributed by atoms with Crippen LogP contribution in [-0.4, -0.2) is 44.1 Å². The van der Waals surface area contributed by atoms with Crippen molar-refractivity contribution < 1.29 is 22.7 Å². The van der Waals surface area contributed by atoms with Gasteiger partial charge in [-0.25, -0.2) is 8.42 Å². The first kappa shape index (κ1) is 22.0. The number of sulfonamides is 1. The van der Waals surface area contributed by atoms with Crippen molar-refractivity contribution in [3.05, 3.63) is 54.1 Å². The molecule has 1 N–H and O–H groups in total. The van der Waals surface area contributed by atoms with Crippen LogP contribution in [0.25, 0.3) is 0 Å². The molecule has 1 fully saturated rings. The van der Waals surface area contributed by atoms with Crippen LogP contribution in [-0.2, 0) is 14.8 Å². The Balaban J connectivity index is 1.53. The molecule has 1 saturated heterocycles. The third kappa shape index (κ3) is 5.46. The number of ether oxygens (including phenoxy) is 1. The van der Waals surface area contributed by atoms with E-state index in [1.54, 1.807) is 43.3 Å². The zero-order chi connectivity index (χ0) is 21.6. The summed E-state index contributed by atoms with van der Waals surface area (Å²) in [6, 6.07) is 12.8. The summed E-state index contributed by atoms with van der Waals surface area (Å²) in [6.45, 7) is 2.69. The van der Waals surface area contributed by atoms with Gasteiger partial charge in [-0.1, -0.05) is 13.3 Å². The second kappa shape index (κ2) is 9.86. The van der Waals surface area contributed by atoms with Crippen molar-refractivity contribution in [1.29, 1.82) is 0 Å². The predicted octanol–water partition coefficient (Wildman–Crippen LogP) is 3.47. The van der Waals surface area contributed by atoms with Gasteiger partial charge in [-0.05, 0) is 61.4 Å². The van der Waals surface area contributed by atoms with E-state index in [9.17, 15) is 18.0 Å². The van der Waals surface area contributed by atoms with E-state index < -0.39 is 10.0 Å². The fraction of sp³-hybridized carbons (Fsp3) is 0.364. The fourth-order valence-electron chi connectivity index (χ4n) is 3.25. The van der Waals surface area contributed by atoms with Crippen molar-refractivity contribution >= 4 is 27.4 Å². The Morgan fingerprint density at radius 3 is 2.20 bits per heavy atom. The van der Waals surface area contributed by atoms with Crippen LogP contribution in [0.1, 0.15) is 43.0 Å². The van der Waals surface area contributed by atoms with Crippen molar-refractivity contribution in [2.45, 2.75) is 37.5 Å². The number of carbonyl (C=O) groups excluding carboxylic acids is 2. The molecule has 2 aromatic carbocycles. The van der Waals surface area contributed by atoms with Crippen LogP contribution < -0.4 is 10.1 Å². The molecule has 1 aliphatic rings. The largest absolute Gasteiger partial charge is 0.484 e. The molecule has 0 saturated carbocycles. The minimum absolute atomic E-state index is 0.0463. The molecule has 1 aliphatic heterocycles. The van der Waals surface area contributed by atoms with Crippen molar-refractivity contribution in [1.82, 2.24) is 4.31 Å². The molecule has 0 atom stereocenters. The maximum absolute atomic E-state index is 12.7. The lowest BCUT2D eigenvalue weighted by molar-refractivity contribution is -0.118. The molecule has 8 heteroatoms. The number of hydrogen-bond acceptors (Lipinski definition) is 5. The smallest absolute Gasteiger partial charge is 0.262 e. The third-order valence-corrected chi connectivity index (χ3v) is 6.87. The van der Waals surface area contributed by atoms with Gasteiger partial charge in [0.2, 0.25) is 10.0 Å². The van der Waals surface area contributed by atoms with Crippen LogP contribution in [0, 0.1) is 0 Å². The number of hydrogen-bond donors (Lipinski definition) is 1. The summed E-state index contributed by atoms with van der Waals surface area (Å²) < 4.78 is 32.3. The van der Waals surface area contributed by atoms with Gasteiger partial charge in [-0.3, -0.25) is 9.59 Å².